The number of carbonyl (C=O) groups excluding carboxylic acids is 3. The molecule has 2 fully saturated rings. The van der Waals surface area contributed by atoms with Crippen LogP contribution in [0.2, 0.25) is 0 Å². The van der Waals surface area contributed by atoms with Crippen LogP contribution in [-0.4, -0.2) is 76.1 Å². The summed E-state index contributed by atoms with van der Waals surface area (Å²) in [6.07, 6.45) is 2.16. The van der Waals surface area contributed by atoms with Gasteiger partial charge in [-0.25, -0.2) is 9.59 Å². The van der Waals surface area contributed by atoms with Crippen molar-refractivity contribution in [2.24, 2.45) is 5.92 Å². The van der Waals surface area contributed by atoms with Crippen molar-refractivity contribution in [3.05, 3.63) is 35.9 Å². The Labute approximate surface area is 219 Å². The van der Waals surface area contributed by atoms with Gasteiger partial charge in [0.15, 0.2) is 0 Å². The number of aliphatic carboxylic acids is 1. The zero-order chi connectivity index (χ0) is 27.4. The second-order valence-electron chi connectivity index (χ2n) is 11.3. The highest BCUT2D eigenvalue weighted by Gasteiger charge is 2.47. The molecular formula is C28H41N3O6. The average molecular weight is 516 g/mol. The normalized spacial score (nSPS) is 21.2. The Balaban J connectivity index is 1.78. The van der Waals surface area contributed by atoms with Crippen molar-refractivity contribution in [3.63, 3.8) is 0 Å². The minimum absolute atomic E-state index is 0.131. The first-order chi connectivity index (χ1) is 17.4. The fraction of sp³-hybridized carbons (Fsp3) is 0.643. The molecule has 204 valence electrons. The molecule has 1 aromatic carbocycles. The van der Waals surface area contributed by atoms with E-state index in [1.807, 2.05) is 44.2 Å². The van der Waals surface area contributed by atoms with E-state index in [0.29, 0.717) is 45.3 Å². The van der Waals surface area contributed by atoms with Crippen LogP contribution in [0.15, 0.2) is 30.3 Å². The van der Waals surface area contributed by atoms with E-state index in [-0.39, 0.29) is 17.7 Å². The molecular weight excluding hydrogens is 474 g/mol. The molecule has 3 amide bonds. The molecule has 3 atom stereocenters. The number of hydrogen-bond donors (Lipinski definition) is 2. The van der Waals surface area contributed by atoms with Crippen molar-refractivity contribution in [1.82, 2.24) is 15.1 Å². The number of carbonyl (C=O) groups is 4. The highest BCUT2D eigenvalue weighted by atomic mass is 16.6. The number of carboxylic acid groups (broad SMARTS) is 1. The molecule has 1 aromatic rings. The van der Waals surface area contributed by atoms with Crippen molar-refractivity contribution in [3.8, 4) is 0 Å². The second kappa shape index (κ2) is 11.5. The average Bonchev–Trinajstić information content (AvgIpc) is 3.36. The lowest BCUT2D eigenvalue weighted by atomic mass is 9.71. The maximum Gasteiger partial charge on any atom is 0.410 e. The predicted molar refractivity (Wildman–Crippen MR) is 139 cm³/mol. The van der Waals surface area contributed by atoms with Crippen molar-refractivity contribution >= 4 is 23.9 Å². The Morgan fingerprint density at radius 1 is 1.11 bits per heavy atom. The highest BCUT2D eigenvalue weighted by Crippen LogP contribution is 2.37. The van der Waals surface area contributed by atoms with Gasteiger partial charge in [0.05, 0.1) is 5.41 Å². The van der Waals surface area contributed by atoms with Gasteiger partial charge < -0.3 is 20.1 Å². The summed E-state index contributed by atoms with van der Waals surface area (Å²) in [5.74, 6) is -1.73. The molecule has 0 saturated carbocycles. The Hall–Kier alpha value is -3.10. The summed E-state index contributed by atoms with van der Waals surface area (Å²) in [6.45, 7) is 10.2. The number of benzene rings is 1. The molecule has 37 heavy (non-hydrogen) atoms. The van der Waals surface area contributed by atoms with E-state index in [1.165, 1.54) is 4.90 Å². The third-order valence-electron chi connectivity index (χ3n) is 7.62. The third-order valence-corrected chi connectivity index (χ3v) is 7.62. The Morgan fingerprint density at radius 2 is 1.73 bits per heavy atom. The lowest BCUT2D eigenvalue weighted by molar-refractivity contribution is -0.145. The quantitative estimate of drug-likeness (QED) is 0.574. The minimum atomic E-state index is -1.05. The van der Waals surface area contributed by atoms with Gasteiger partial charge in [0.2, 0.25) is 11.8 Å². The Morgan fingerprint density at radius 3 is 2.27 bits per heavy atom. The molecule has 2 saturated heterocycles. The maximum absolute atomic E-state index is 13.7. The smallest absolute Gasteiger partial charge is 0.410 e. The molecule has 3 unspecified atom stereocenters. The van der Waals surface area contributed by atoms with Crippen LogP contribution in [0.1, 0.15) is 72.3 Å². The van der Waals surface area contributed by atoms with E-state index in [4.69, 9.17) is 4.74 Å². The zero-order valence-corrected chi connectivity index (χ0v) is 22.7. The summed E-state index contributed by atoms with van der Waals surface area (Å²) < 4.78 is 5.51. The van der Waals surface area contributed by atoms with Gasteiger partial charge in [-0.15, -0.1) is 0 Å². The Kier molecular flexibility index (Phi) is 8.87. The summed E-state index contributed by atoms with van der Waals surface area (Å²) in [4.78, 5) is 55.1. The highest BCUT2D eigenvalue weighted by molar-refractivity contribution is 5.92. The van der Waals surface area contributed by atoms with Gasteiger partial charge in [0.25, 0.3) is 0 Å². The van der Waals surface area contributed by atoms with Crippen LogP contribution in [-0.2, 0) is 24.5 Å². The summed E-state index contributed by atoms with van der Waals surface area (Å²) >= 11 is 0. The van der Waals surface area contributed by atoms with Crippen molar-refractivity contribution in [2.75, 3.05) is 19.6 Å². The topological polar surface area (TPSA) is 116 Å². The van der Waals surface area contributed by atoms with E-state index in [9.17, 15) is 24.3 Å². The first kappa shape index (κ1) is 28.5. The minimum Gasteiger partial charge on any atom is -0.480 e. The van der Waals surface area contributed by atoms with E-state index in [1.54, 1.807) is 25.7 Å². The molecule has 0 aliphatic carbocycles. The maximum atomic E-state index is 13.7. The van der Waals surface area contributed by atoms with Gasteiger partial charge in [-0.05, 0) is 57.9 Å². The summed E-state index contributed by atoms with van der Waals surface area (Å²) in [6, 6.07) is 7.81. The number of ether oxygens (including phenoxy) is 1. The van der Waals surface area contributed by atoms with Crippen LogP contribution in [0.5, 0.6) is 0 Å². The fourth-order valence-corrected chi connectivity index (χ4v) is 5.25. The largest absolute Gasteiger partial charge is 0.480 e. The number of likely N-dealkylation sites (tertiary alicyclic amines) is 2. The number of carboxylic acids is 1. The lowest BCUT2D eigenvalue weighted by Gasteiger charge is -2.43. The summed E-state index contributed by atoms with van der Waals surface area (Å²) in [7, 11) is 0. The van der Waals surface area contributed by atoms with Gasteiger partial charge in [-0.1, -0.05) is 50.6 Å². The van der Waals surface area contributed by atoms with E-state index in [0.717, 1.165) is 12.0 Å². The SMILES string of the molecule is CCC(C)C(NC(=O)C1(c2ccccc2)CCN(C(=O)C2CCCN2C(=O)OC(C)(C)C)CC1)C(=O)O. The molecule has 3 rings (SSSR count). The van der Waals surface area contributed by atoms with Crippen LogP contribution in [0.25, 0.3) is 0 Å². The van der Waals surface area contributed by atoms with Crippen LogP contribution in [0, 0.1) is 5.92 Å². The van der Waals surface area contributed by atoms with Crippen molar-refractivity contribution < 1.29 is 29.0 Å². The number of hydrogen-bond acceptors (Lipinski definition) is 5. The second-order valence-corrected chi connectivity index (χ2v) is 11.3. The van der Waals surface area contributed by atoms with Crippen LogP contribution in [0.4, 0.5) is 4.79 Å². The summed E-state index contributed by atoms with van der Waals surface area (Å²) in [5.41, 5.74) is -0.784. The predicted octanol–water partition coefficient (Wildman–Crippen LogP) is 3.56. The van der Waals surface area contributed by atoms with Gasteiger partial charge in [-0.3, -0.25) is 14.5 Å². The van der Waals surface area contributed by atoms with Crippen LogP contribution < -0.4 is 5.32 Å². The van der Waals surface area contributed by atoms with Crippen LogP contribution in [0.3, 0.4) is 0 Å². The monoisotopic (exact) mass is 515 g/mol. The van der Waals surface area contributed by atoms with Gasteiger partial charge in [-0.2, -0.15) is 0 Å². The number of rotatable bonds is 7. The number of piperidine rings is 1. The van der Waals surface area contributed by atoms with E-state index >= 15 is 0 Å². The number of nitrogens with zero attached hydrogens (tertiary/aromatic N) is 2. The molecule has 2 N–H and O–H groups in total. The van der Waals surface area contributed by atoms with Gasteiger partial charge >= 0.3 is 12.1 Å². The van der Waals surface area contributed by atoms with E-state index < -0.39 is 35.2 Å². The molecule has 0 bridgehead atoms. The van der Waals surface area contributed by atoms with Gasteiger partial charge in [0.1, 0.15) is 17.7 Å². The van der Waals surface area contributed by atoms with E-state index in [2.05, 4.69) is 5.32 Å². The summed E-state index contributed by atoms with van der Waals surface area (Å²) in [5, 5.41) is 12.6. The lowest BCUT2D eigenvalue weighted by Crippen LogP contribution is -2.58. The molecule has 2 aliphatic heterocycles. The molecule has 2 aliphatic rings. The molecule has 2 heterocycles. The number of amides is 3. The molecule has 0 radical (unpaired) electrons. The van der Waals surface area contributed by atoms with Gasteiger partial charge in [0, 0.05) is 19.6 Å². The first-order valence-electron chi connectivity index (χ1n) is 13.3. The molecule has 0 aromatic heterocycles. The zero-order valence-electron chi connectivity index (χ0n) is 22.7. The standard InChI is InChI=1S/C28H41N3O6/c1-6-19(2)22(24(33)34)29-25(35)28(20-11-8-7-9-12-20)14-17-30(18-15-28)23(32)21-13-10-16-31(21)26(36)37-27(3,4)5/h7-9,11-12,19,21-22H,6,10,13-18H2,1-5H3,(H,29,35)(H,33,34). The van der Waals surface area contributed by atoms with Crippen molar-refractivity contribution in [1.29, 1.82) is 0 Å². The molecule has 9 nitrogen and oxygen atoms in total. The first-order valence-corrected chi connectivity index (χ1v) is 13.3. The third kappa shape index (κ3) is 6.43. The van der Waals surface area contributed by atoms with Crippen LogP contribution >= 0.6 is 0 Å². The fourth-order valence-electron chi connectivity index (χ4n) is 5.25. The molecule has 9 heteroatoms. The molecule has 0 spiro atoms. The number of nitrogens with one attached hydrogen (secondary N) is 1. The van der Waals surface area contributed by atoms with Crippen molar-refractivity contribution in [2.45, 2.75) is 89.8 Å². The Bertz CT molecular complexity index is 981.